The fourth-order valence-electron chi connectivity index (χ4n) is 2.69. The van der Waals surface area contributed by atoms with Crippen molar-refractivity contribution in [3.05, 3.63) is 0 Å². The van der Waals surface area contributed by atoms with Crippen molar-refractivity contribution in [2.45, 2.75) is 50.4 Å². The molecular formula is C11H18F3NO. The van der Waals surface area contributed by atoms with Crippen LogP contribution in [0.5, 0.6) is 0 Å². The van der Waals surface area contributed by atoms with Gasteiger partial charge >= 0.3 is 6.18 Å². The highest BCUT2D eigenvalue weighted by Crippen LogP contribution is 2.38. The average molecular weight is 237 g/mol. The molecule has 1 saturated heterocycles. The number of alkyl halides is 3. The molecule has 5 heteroatoms. The van der Waals surface area contributed by atoms with Crippen LogP contribution in [0.2, 0.25) is 0 Å². The summed E-state index contributed by atoms with van der Waals surface area (Å²) in [6.07, 6.45) is -0.713. The van der Waals surface area contributed by atoms with E-state index in [9.17, 15) is 13.2 Å². The van der Waals surface area contributed by atoms with Gasteiger partial charge < -0.3 is 10.1 Å². The Morgan fingerprint density at radius 3 is 2.44 bits per heavy atom. The van der Waals surface area contributed by atoms with Crippen molar-refractivity contribution in [3.63, 3.8) is 0 Å². The molecule has 0 bridgehead atoms. The molecule has 1 aliphatic carbocycles. The fraction of sp³-hybridized carbons (Fsp3) is 1.00. The van der Waals surface area contributed by atoms with Gasteiger partial charge in [-0.2, -0.15) is 13.2 Å². The van der Waals surface area contributed by atoms with Gasteiger partial charge in [0, 0.05) is 18.7 Å². The maximum Gasteiger partial charge on any atom is 0.393 e. The van der Waals surface area contributed by atoms with E-state index >= 15 is 0 Å². The number of nitrogens with one attached hydrogen (secondary N) is 1. The zero-order chi connectivity index (χ0) is 11.6. The minimum absolute atomic E-state index is 0.118. The molecule has 0 aromatic rings. The van der Waals surface area contributed by atoms with Gasteiger partial charge in [0.2, 0.25) is 0 Å². The van der Waals surface area contributed by atoms with Gasteiger partial charge in [-0.1, -0.05) is 12.8 Å². The molecule has 1 aliphatic heterocycles. The van der Waals surface area contributed by atoms with E-state index in [1.165, 1.54) is 0 Å². The summed E-state index contributed by atoms with van der Waals surface area (Å²) in [5.74, 6) is -1.16. The van der Waals surface area contributed by atoms with Crippen molar-refractivity contribution in [3.8, 4) is 0 Å². The van der Waals surface area contributed by atoms with Crippen LogP contribution in [0, 0.1) is 5.92 Å². The van der Waals surface area contributed by atoms with Crippen LogP contribution in [0.3, 0.4) is 0 Å². The molecule has 1 heterocycles. The van der Waals surface area contributed by atoms with E-state index in [1.54, 1.807) is 0 Å². The quantitative estimate of drug-likeness (QED) is 0.796. The van der Waals surface area contributed by atoms with Crippen molar-refractivity contribution < 1.29 is 17.9 Å². The van der Waals surface area contributed by atoms with Crippen molar-refractivity contribution >= 4 is 0 Å². The Morgan fingerprint density at radius 1 is 1.06 bits per heavy atom. The van der Waals surface area contributed by atoms with Gasteiger partial charge in [0.05, 0.1) is 12.5 Å². The Hall–Kier alpha value is -0.290. The Bertz CT molecular complexity index is 226. The molecular weight excluding hydrogens is 219 g/mol. The summed E-state index contributed by atoms with van der Waals surface area (Å²) in [6.45, 7) is 1.22. The van der Waals surface area contributed by atoms with Crippen molar-refractivity contribution in [1.82, 2.24) is 5.32 Å². The molecule has 0 spiro atoms. The molecule has 3 unspecified atom stereocenters. The predicted octanol–water partition coefficient (Wildman–Crippen LogP) is 2.49. The van der Waals surface area contributed by atoms with Gasteiger partial charge in [-0.3, -0.25) is 0 Å². The maximum absolute atomic E-state index is 12.8. The highest BCUT2D eigenvalue weighted by Gasteiger charge is 2.45. The minimum Gasteiger partial charge on any atom is -0.380 e. The van der Waals surface area contributed by atoms with E-state index < -0.39 is 18.1 Å². The molecule has 2 aliphatic rings. The number of ether oxygens (including phenoxy) is 1. The predicted molar refractivity (Wildman–Crippen MR) is 54.2 cm³/mol. The van der Waals surface area contributed by atoms with E-state index in [2.05, 4.69) is 5.32 Å². The summed E-state index contributed by atoms with van der Waals surface area (Å²) in [5, 5.41) is 3.13. The van der Waals surface area contributed by atoms with Gasteiger partial charge in [-0.15, -0.1) is 0 Å². The Kier molecular flexibility index (Phi) is 3.74. The van der Waals surface area contributed by atoms with E-state index in [4.69, 9.17) is 4.74 Å². The first-order valence-electron chi connectivity index (χ1n) is 5.98. The molecule has 16 heavy (non-hydrogen) atoms. The number of hydrogen-bond donors (Lipinski definition) is 1. The summed E-state index contributed by atoms with van der Waals surface area (Å²) in [7, 11) is 0. The third kappa shape index (κ3) is 2.88. The molecule has 1 saturated carbocycles. The zero-order valence-corrected chi connectivity index (χ0v) is 9.22. The van der Waals surface area contributed by atoms with Crippen LogP contribution in [-0.4, -0.2) is 31.5 Å². The van der Waals surface area contributed by atoms with Crippen LogP contribution in [0.4, 0.5) is 13.2 Å². The maximum atomic E-state index is 12.8. The Labute approximate surface area is 93.5 Å². The van der Waals surface area contributed by atoms with E-state index in [0.717, 1.165) is 12.8 Å². The SMILES string of the molecule is FC(F)(F)C1CCCCC1NC1CCOC1. The Morgan fingerprint density at radius 2 is 1.81 bits per heavy atom. The molecule has 94 valence electrons. The second kappa shape index (κ2) is 4.92. The smallest absolute Gasteiger partial charge is 0.380 e. The molecule has 2 fully saturated rings. The first kappa shape index (κ1) is 12.2. The fourth-order valence-corrected chi connectivity index (χ4v) is 2.69. The van der Waals surface area contributed by atoms with E-state index in [-0.39, 0.29) is 12.5 Å². The summed E-state index contributed by atoms with van der Waals surface area (Å²) in [4.78, 5) is 0. The van der Waals surface area contributed by atoms with Gasteiger partial charge in [-0.05, 0) is 19.3 Å². The second-order valence-corrected chi connectivity index (χ2v) is 4.77. The van der Waals surface area contributed by atoms with Crippen LogP contribution < -0.4 is 5.32 Å². The lowest BCUT2D eigenvalue weighted by Crippen LogP contribution is -2.49. The highest BCUT2D eigenvalue weighted by molar-refractivity contribution is 4.88. The lowest BCUT2D eigenvalue weighted by molar-refractivity contribution is -0.189. The van der Waals surface area contributed by atoms with Gasteiger partial charge in [-0.25, -0.2) is 0 Å². The molecule has 0 aromatic carbocycles. The first-order chi connectivity index (χ1) is 7.57. The summed E-state index contributed by atoms with van der Waals surface area (Å²) < 4.78 is 43.6. The van der Waals surface area contributed by atoms with Gasteiger partial charge in [0.15, 0.2) is 0 Å². The van der Waals surface area contributed by atoms with Gasteiger partial charge in [0.25, 0.3) is 0 Å². The van der Waals surface area contributed by atoms with Crippen molar-refractivity contribution in [2.24, 2.45) is 5.92 Å². The summed E-state index contributed by atoms with van der Waals surface area (Å²) in [6, 6.07) is -0.284. The van der Waals surface area contributed by atoms with Crippen LogP contribution in [0.25, 0.3) is 0 Å². The molecule has 0 amide bonds. The lowest BCUT2D eigenvalue weighted by atomic mass is 9.83. The van der Waals surface area contributed by atoms with Crippen LogP contribution in [0.1, 0.15) is 32.1 Å². The van der Waals surface area contributed by atoms with Crippen molar-refractivity contribution in [2.75, 3.05) is 13.2 Å². The normalized spacial score (nSPS) is 36.6. The standard InChI is InChI=1S/C11H18F3NO/c12-11(13,14)9-3-1-2-4-10(9)15-8-5-6-16-7-8/h8-10,15H,1-7H2. The van der Waals surface area contributed by atoms with Crippen molar-refractivity contribution in [1.29, 1.82) is 0 Å². The lowest BCUT2D eigenvalue weighted by Gasteiger charge is -2.35. The first-order valence-corrected chi connectivity index (χ1v) is 5.98. The molecule has 2 nitrogen and oxygen atoms in total. The van der Waals surface area contributed by atoms with Crippen LogP contribution in [0.15, 0.2) is 0 Å². The monoisotopic (exact) mass is 237 g/mol. The number of hydrogen-bond acceptors (Lipinski definition) is 2. The third-order valence-corrected chi connectivity index (χ3v) is 3.57. The summed E-state index contributed by atoms with van der Waals surface area (Å²) >= 11 is 0. The third-order valence-electron chi connectivity index (χ3n) is 3.57. The molecule has 0 aromatic heterocycles. The minimum atomic E-state index is -4.06. The number of halogens is 3. The van der Waals surface area contributed by atoms with E-state index in [1.807, 2.05) is 0 Å². The largest absolute Gasteiger partial charge is 0.393 e. The van der Waals surface area contributed by atoms with Crippen LogP contribution in [-0.2, 0) is 4.74 Å². The average Bonchev–Trinajstić information content (AvgIpc) is 2.70. The Balaban J connectivity index is 1.93. The topological polar surface area (TPSA) is 21.3 Å². The van der Waals surface area contributed by atoms with Gasteiger partial charge in [0.1, 0.15) is 0 Å². The molecule has 2 rings (SSSR count). The second-order valence-electron chi connectivity index (χ2n) is 4.77. The molecule has 3 atom stereocenters. The number of rotatable bonds is 2. The van der Waals surface area contributed by atoms with Crippen LogP contribution >= 0.6 is 0 Å². The highest BCUT2D eigenvalue weighted by atomic mass is 19.4. The summed E-state index contributed by atoms with van der Waals surface area (Å²) in [5.41, 5.74) is 0. The molecule has 1 N–H and O–H groups in total. The molecule has 0 radical (unpaired) electrons. The van der Waals surface area contributed by atoms with E-state index in [0.29, 0.717) is 26.1 Å². The zero-order valence-electron chi connectivity index (χ0n) is 9.22.